The van der Waals surface area contributed by atoms with Gasteiger partial charge in [0, 0.05) is 30.0 Å². The SMILES string of the molecule is CC(C)(C[C@@](O)(CC1Cc2cc(S(C)(=O)=O)ncc2N1)C(F)(F)F)c1ccc(Cl)cc1S(C)(=O)=O. The summed E-state index contributed by atoms with van der Waals surface area (Å²) in [7, 11) is -7.42. The minimum atomic E-state index is -5.03. The predicted molar refractivity (Wildman–Crippen MR) is 126 cm³/mol. The number of aromatic nitrogens is 1. The van der Waals surface area contributed by atoms with Crippen molar-refractivity contribution in [2.45, 2.75) is 66.3 Å². The molecule has 35 heavy (non-hydrogen) atoms. The lowest BCUT2D eigenvalue weighted by molar-refractivity contribution is -0.270. The number of hydrogen-bond donors (Lipinski definition) is 2. The molecule has 1 aliphatic rings. The zero-order valence-corrected chi connectivity index (χ0v) is 21.8. The monoisotopic (exact) mass is 554 g/mol. The van der Waals surface area contributed by atoms with Crippen LogP contribution in [0, 0.1) is 0 Å². The molecule has 2 N–H and O–H groups in total. The van der Waals surface area contributed by atoms with Gasteiger partial charge in [-0.3, -0.25) is 0 Å². The first-order chi connectivity index (χ1) is 15.7. The molecule has 0 saturated carbocycles. The van der Waals surface area contributed by atoms with Crippen LogP contribution in [0.4, 0.5) is 18.9 Å². The summed E-state index contributed by atoms with van der Waals surface area (Å²) in [5.41, 5.74) is -3.62. The van der Waals surface area contributed by atoms with Gasteiger partial charge in [0.15, 0.2) is 30.3 Å². The summed E-state index contributed by atoms with van der Waals surface area (Å²) in [6.45, 7) is 2.86. The summed E-state index contributed by atoms with van der Waals surface area (Å²) < 4.78 is 90.9. The highest BCUT2D eigenvalue weighted by Crippen LogP contribution is 2.46. The topological polar surface area (TPSA) is 113 Å². The second-order valence-electron chi connectivity index (χ2n) is 9.70. The quantitative estimate of drug-likeness (QED) is 0.533. The van der Waals surface area contributed by atoms with Gasteiger partial charge >= 0.3 is 6.18 Å². The van der Waals surface area contributed by atoms with E-state index < -0.39 is 55.8 Å². The smallest absolute Gasteiger partial charge is 0.380 e. The molecule has 0 radical (unpaired) electrons. The molecule has 2 aromatic rings. The van der Waals surface area contributed by atoms with Crippen molar-refractivity contribution in [1.29, 1.82) is 0 Å². The molecule has 0 aliphatic carbocycles. The molecule has 0 amide bonds. The van der Waals surface area contributed by atoms with E-state index in [9.17, 15) is 35.1 Å². The first-order valence-corrected chi connectivity index (χ1v) is 14.6. The molecule has 0 fully saturated rings. The van der Waals surface area contributed by atoms with Gasteiger partial charge in [0.25, 0.3) is 0 Å². The molecule has 1 aromatic carbocycles. The van der Waals surface area contributed by atoms with Gasteiger partial charge in [-0.2, -0.15) is 13.2 Å². The average Bonchev–Trinajstić information content (AvgIpc) is 3.06. The normalized spacial score (nSPS) is 18.6. The van der Waals surface area contributed by atoms with Crippen molar-refractivity contribution < 1.29 is 35.1 Å². The second-order valence-corrected chi connectivity index (χ2v) is 14.1. The maximum Gasteiger partial charge on any atom is 0.417 e. The van der Waals surface area contributed by atoms with E-state index in [0.29, 0.717) is 11.3 Å². The second kappa shape index (κ2) is 8.89. The Morgan fingerprint density at radius 2 is 1.74 bits per heavy atom. The molecule has 3 rings (SSSR count). The van der Waals surface area contributed by atoms with Crippen molar-refractivity contribution in [3.8, 4) is 0 Å². The molecule has 0 spiro atoms. The third kappa shape index (κ3) is 5.92. The van der Waals surface area contributed by atoms with Crippen molar-refractivity contribution in [3.63, 3.8) is 0 Å². The number of hydrogen-bond acceptors (Lipinski definition) is 7. The molecule has 194 valence electrons. The molecule has 2 heterocycles. The number of anilines is 1. The highest BCUT2D eigenvalue weighted by molar-refractivity contribution is 7.91. The Kier molecular flexibility index (Phi) is 7.04. The molecule has 1 unspecified atom stereocenters. The van der Waals surface area contributed by atoms with Crippen molar-refractivity contribution in [3.05, 3.63) is 46.6 Å². The summed E-state index contributed by atoms with van der Waals surface area (Å²) in [5.74, 6) is 0. The number of sulfone groups is 2. The van der Waals surface area contributed by atoms with Crippen LogP contribution in [0.2, 0.25) is 5.02 Å². The number of alkyl halides is 3. The van der Waals surface area contributed by atoms with Crippen LogP contribution in [0.25, 0.3) is 0 Å². The lowest BCUT2D eigenvalue weighted by atomic mass is 9.73. The van der Waals surface area contributed by atoms with Gasteiger partial charge in [0.2, 0.25) is 0 Å². The minimum absolute atomic E-state index is 0.0503. The number of aliphatic hydroxyl groups is 1. The minimum Gasteiger partial charge on any atom is -0.380 e. The fraction of sp³-hybridized carbons (Fsp3) is 0.500. The molecule has 0 bridgehead atoms. The van der Waals surface area contributed by atoms with Crippen LogP contribution in [0.15, 0.2) is 40.4 Å². The van der Waals surface area contributed by atoms with Crippen LogP contribution in [-0.4, -0.2) is 57.3 Å². The molecule has 1 aliphatic heterocycles. The van der Waals surface area contributed by atoms with Crippen LogP contribution in [0.1, 0.15) is 37.8 Å². The van der Waals surface area contributed by atoms with Crippen molar-refractivity contribution in [2.24, 2.45) is 0 Å². The molecular formula is C22H26ClF3N2O5S2. The number of rotatable bonds is 7. The Hall–Kier alpha value is -1.89. The van der Waals surface area contributed by atoms with E-state index >= 15 is 0 Å². The lowest BCUT2D eigenvalue weighted by Crippen LogP contribution is -2.52. The summed E-state index contributed by atoms with van der Waals surface area (Å²) in [5, 5.41) is 13.8. The summed E-state index contributed by atoms with van der Waals surface area (Å²) in [4.78, 5) is 3.63. The van der Waals surface area contributed by atoms with E-state index in [4.69, 9.17) is 11.6 Å². The number of benzene rings is 1. The number of nitrogens with zero attached hydrogens (tertiary/aromatic N) is 1. The van der Waals surface area contributed by atoms with Crippen molar-refractivity contribution in [2.75, 3.05) is 17.8 Å². The van der Waals surface area contributed by atoms with Gasteiger partial charge in [-0.25, -0.2) is 21.8 Å². The molecular weight excluding hydrogens is 529 g/mol. The highest BCUT2D eigenvalue weighted by Gasteiger charge is 2.57. The average molecular weight is 555 g/mol. The van der Waals surface area contributed by atoms with E-state index in [1.807, 2.05) is 0 Å². The summed E-state index contributed by atoms with van der Waals surface area (Å²) >= 11 is 5.93. The van der Waals surface area contributed by atoms with E-state index in [-0.39, 0.29) is 26.9 Å². The third-order valence-corrected chi connectivity index (χ3v) is 8.44. The summed E-state index contributed by atoms with van der Waals surface area (Å²) in [6, 6.07) is 4.38. The fourth-order valence-electron chi connectivity index (χ4n) is 4.52. The van der Waals surface area contributed by atoms with Crippen molar-refractivity contribution >= 4 is 37.0 Å². The first-order valence-electron chi connectivity index (χ1n) is 10.5. The maximum atomic E-state index is 14.2. The van der Waals surface area contributed by atoms with Crippen LogP contribution in [0.5, 0.6) is 0 Å². The standard InChI is InChI=1S/C22H26ClF3N2O5S2/c1-20(2,16-6-5-14(23)9-18(16)34(3,30)31)12-21(29,22(24,25)26)10-15-7-13-8-19(35(4,32)33)27-11-17(13)28-15/h5-6,8-9,11,15,28-29H,7,10,12H2,1-4H3/t15?,21-/m0/s1. The Labute approximate surface area is 207 Å². The molecule has 7 nitrogen and oxygen atoms in total. The zero-order chi connectivity index (χ0) is 26.6. The van der Waals surface area contributed by atoms with Crippen molar-refractivity contribution in [1.82, 2.24) is 4.98 Å². The van der Waals surface area contributed by atoms with E-state index in [2.05, 4.69) is 10.3 Å². The van der Waals surface area contributed by atoms with Gasteiger partial charge in [0.1, 0.15) is 0 Å². The number of pyridine rings is 1. The van der Waals surface area contributed by atoms with Gasteiger partial charge in [-0.15, -0.1) is 0 Å². The first kappa shape index (κ1) is 27.7. The van der Waals surface area contributed by atoms with Crippen LogP contribution in [-0.2, 0) is 31.5 Å². The third-order valence-electron chi connectivity index (χ3n) is 6.09. The van der Waals surface area contributed by atoms with Crippen LogP contribution < -0.4 is 5.32 Å². The Balaban J connectivity index is 1.94. The maximum absolute atomic E-state index is 14.2. The van der Waals surface area contributed by atoms with E-state index in [0.717, 1.165) is 12.5 Å². The van der Waals surface area contributed by atoms with Gasteiger partial charge in [0.05, 0.1) is 16.8 Å². The van der Waals surface area contributed by atoms with Crippen LogP contribution >= 0.6 is 11.6 Å². The fourth-order valence-corrected chi connectivity index (χ4v) is 6.44. The van der Waals surface area contributed by atoms with Gasteiger partial charge in [-0.05, 0) is 47.6 Å². The number of halogens is 4. The Morgan fingerprint density at radius 3 is 2.29 bits per heavy atom. The van der Waals surface area contributed by atoms with Gasteiger partial charge < -0.3 is 10.4 Å². The largest absolute Gasteiger partial charge is 0.417 e. The lowest BCUT2D eigenvalue weighted by Gasteiger charge is -2.39. The number of nitrogens with one attached hydrogen (secondary N) is 1. The van der Waals surface area contributed by atoms with Gasteiger partial charge in [-0.1, -0.05) is 31.5 Å². The summed E-state index contributed by atoms with van der Waals surface area (Å²) in [6.07, 6.45) is -3.39. The Morgan fingerprint density at radius 1 is 1.11 bits per heavy atom. The number of fused-ring (bicyclic) bond motifs is 1. The van der Waals surface area contributed by atoms with Crippen LogP contribution in [0.3, 0.4) is 0 Å². The molecule has 13 heteroatoms. The molecule has 0 saturated heterocycles. The molecule has 2 atom stereocenters. The van der Waals surface area contributed by atoms with E-state index in [1.165, 1.54) is 44.3 Å². The highest BCUT2D eigenvalue weighted by atomic mass is 35.5. The Bertz CT molecular complexity index is 1360. The predicted octanol–water partition coefficient (Wildman–Crippen LogP) is 3.93. The zero-order valence-electron chi connectivity index (χ0n) is 19.4. The van der Waals surface area contributed by atoms with E-state index in [1.54, 1.807) is 0 Å². The molecule has 1 aromatic heterocycles.